The Morgan fingerprint density at radius 1 is 0.462 bits per heavy atom. The molecule has 80 valence electrons. The van der Waals surface area contributed by atoms with Crippen molar-refractivity contribution >= 4 is 27.3 Å². The first-order valence-corrected chi connectivity index (χ1v) is 5.91. The topological polar surface area (TPSA) is 0 Å². The Kier molecular flexibility index (Phi) is 19.4. The third kappa shape index (κ3) is 15.7. The van der Waals surface area contributed by atoms with E-state index in [0.717, 1.165) is 0 Å². The molecule has 0 fully saturated rings. The second-order valence-electron chi connectivity index (χ2n) is 3.83. The zero-order valence-electron chi connectivity index (χ0n) is 9.78. The van der Waals surface area contributed by atoms with Crippen LogP contribution in [0.5, 0.6) is 0 Å². The third-order valence-corrected chi connectivity index (χ3v) is 2.46. The quantitative estimate of drug-likeness (QED) is 0.419. The van der Waals surface area contributed by atoms with Crippen LogP contribution in [0, 0.1) is 0 Å². The predicted octanol–water partition coefficient (Wildman–Crippen LogP) is 4.01. The maximum atomic E-state index is 2.28. The van der Waals surface area contributed by atoms with Gasteiger partial charge in [-0.15, -0.1) is 0 Å². The first kappa shape index (κ1) is 16.4. The van der Waals surface area contributed by atoms with Crippen LogP contribution in [0.25, 0.3) is 0 Å². The summed E-state index contributed by atoms with van der Waals surface area (Å²) in [5.74, 6) is 0. The third-order valence-electron chi connectivity index (χ3n) is 2.46. The summed E-state index contributed by atoms with van der Waals surface area (Å²) in [5.41, 5.74) is 0. The van der Waals surface area contributed by atoms with Gasteiger partial charge < -0.3 is 0 Å². The summed E-state index contributed by atoms with van der Waals surface area (Å²) in [6, 6.07) is 0. The molecule has 0 heterocycles. The van der Waals surface area contributed by atoms with Crippen LogP contribution in [0.1, 0.15) is 78.1 Å². The van der Waals surface area contributed by atoms with Gasteiger partial charge in [0.25, 0.3) is 0 Å². The predicted molar refractivity (Wildman–Crippen MR) is 66.1 cm³/mol. The summed E-state index contributed by atoms with van der Waals surface area (Å²) in [6.07, 6.45) is 14.4. The van der Waals surface area contributed by atoms with Crippen LogP contribution in [-0.4, -0.2) is 27.3 Å². The van der Waals surface area contributed by atoms with Gasteiger partial charge in [-0.2, -0.15) is 0 Å². The molecule has 0 nitrogen and oxygen atoms in total. The van der Waals surface area contributed by atoms with E-state index in [1.165, 1.54) is 64.2 Å². The van der Waals surface area contributed by atoms with Crippen molar-refractivity contribution in [2.45, 2.75) is 78.1 Å². The molecule has 13 heavy (non-hydrogen) atoms. The molecule has 1 heteroatoms. The molecular formula is C12H28Pb. The van der Waals surface area contributed by atoms with E-state index < -0.39 is 0 Å². The normalized spacial score (nSPS) is 9.69. The van der Waals surface area contributed by atoms with Gasteiger partial charge in [0.05, 0.1) is 0 Å². The Balaban J connectivity index is 0. The molecule has 0 atom stereocenters. The summed E-state index contributed by atoms with van der Waals surface area (Å²) in [7, 11) is 0. The Morgan fingerprint density at radius 2 is 0.692 bits per heavy atom. The first-order valence-electron chi connectivity index (χ1n) is 5.91. The van der Waals surface area contributed by atoms with Crippen molar-refractivity contribution in [3.63, 3.8) is 0 Å². The number of hydrogen-bond donors (Lipinski definition) is 0. The van der Waals surface area contributed by atoms with Gasteiger partial charge in [0.15, 0.2) is 0 Å². The number of unbranched alkanes of at least 4 members (excludes halogenated alkanes) is 9. The molecule has 0 rings (SSSR count). The number of rotatable bonds is 9. The Bertz CT molecular complexity index is 61.5. The van der Waals surface area contributed by atoms with Gasteiger partial charge in [-0.3, -0.25) is 0 Å². The van der Waals surface area contributed by atoms with Crippen molar-refractivity contribution in [2.75, 3.05) is 0 Å². The van der Waals surface area contributed by atoms with Gasteiger partial charge in [0.2, 0.25) is 0 Å². The van der Waals surface area contributed by atoms with Crippen molar-refractivity contribution in [2.24, 2.45) is 0 Å². The van der Waals surface area contributed by atoms with Crippen LogP contribution in [0.3, 0.4) is 0 Å². The van der Waals surface area contributed by atoms with Crippen LogP contribution in [0.2, 0.25) is 0 Å². The summed E-state index contributed by atoms with van der Waals surface area (Å²) < 4.78 is 0. The van der Waals surface area contributed by atoms with E-state index in [2.05, 4.69) is 13.8 Å². The van der Waals surface area contributed by atoms with Gasteiger partial charge in [-0.05, 0) is 0 Å². The minimum atomic E-state index is 0. The Labute approximate surface area is 105 Å². The molecule has 0 aliphatic carbocycles. The fourth-order valence-electron chi connectivity index (χ4n) is 1.56. The fourth-order valence-corrected chi connectivity index (χ4v) is 1.56. The molecule has 0 aromatic carbocycles. The van der Waals surface area contributed by atoms with Crippen LogP contribution in [0.15, 0.2) is 0 Å². The van der Waals surface area contributed by atoms with Gasteiger partial charge >= 0.3 is 27.3 Å². The van der Waals surface area contributed by atoms with Crippen molar-refractivity contribution in [3.05, 3.63) is 0 Å². The molecule has 0 saturated carbocycles. The zero-order chi connectivity index (χ0) is 9.07. The average molecular weight is 380 g/mol. The van der Waals surface area contributed by atoms with Crippen molar-refractivity contribution in [1.82, 2.24) is 0 Å². The molecule has 0 aromatic rings. The molecule has 2 radical (unpaired) electrons. The zero-order valence-corrected chi connectivity index (χ0v) is 15.3. The van der Waals surface area contributed by atoms with Crippen LogP contribution in [-0.2, 0) is 0 Å². The second kappa shape index (κ2) is 15.4. The molecule has 0 amide bonds. The molecule has 0 unspecified atom stereocenters. The molecule has 0 saturated heterocycles. The molecule has 0 aromatic heterocycles. The molecule has 0 aliphatic rings. The fraction of sp³-hybridized carbons (Fsp3) is 1.00. The van der Waals surface area contributed by atoms with Crippen LogP contribution >= 0.6 is 0 Å². The van der Waals surface area contributed by atoms with E-state index in [1.807, 2.05) is 0 Å². The molecular weight excluding hydrogens is 351 g/mol. The van der Waals surface area contributed by atoms with Gasteiger partial charge in [-0.25, -0.2) is 0 Å². The van der Waals surface area contributed by atoms with Gasteiger partial charge in [0, 0.05) is 0 Å². The Hall–Kier alpha value is 0.922. The summed E-state index contributed by atoms with van der Waals surface area (Å²) >= 11 is 0. The monoisotopic (exact) mass is 380 g/mol. The van der Waals surface area contributed by atoms with Crippen LogP contribution < -0.4 is 0 Å². The molecule has 0 N–H and O–H groups in total. The standard InChI is InChI=1S/C12H26.Pb.2H/c1-3-5-7-9-11-12-10-8-6-4-2;;;/h3-12H2,1-2H3;;;. The average Bonchev–Trinajstić information content (AvgIpc) is 2.10. The van der Waals surface area contributed by atoms with E-state index in [-0.39, 0.29) is 27.3 Å². The molecule has 0 bridgehead atoms. The number of hydrogen-bond acceptors (Lipinski definition) is 0. The van der Waals surface area contributed by atoms with Crippen LogP contribution in [0.4, 0.5) is 0 Å². The van der Waals surface area contributed by atoms with Gasteiger partial charge in [0.1, 0.15) is 0 Å². The SMILES string of the molecule is CCCCCCCCCCCC.[PbH2]. The van der Waals surface area contributed by atoms with Crippen molar-refractivity contribution in [3.8, 4) is 0 Å². The summed E-state index contributed by atoms with van der Waals surface area (Å²) in [4.78, 5) is 0. The van der Waals surface area contributed by atoms with E-state index in [4.69, 9.17) is 0 Å². The van der Waals surface area contributed by atoms with Crippen molar-refractivity contribution in [1.29, 1.82) is 0 Å². The maximum absolute atomic E-state index is 2.28. The molecule has 0 aliphatic heterocycles. The second-order valence-corrected chi connectivity index (χ2v) is 3.83. The summed E-state index contributed by atoms with van der Waals surface area (Å²) in [5, 5.41) is 0. The van der Waals surface area contributed by atoms with E-state index in [1.54, 1.807) is 0 Å². The first-order chi connectivity index (χ1) is 5.91. The summed E-state index contributed by atoms with van der Waals surface area (Å²) in [6.45, 7) is 4.56. The van der Waals surface area contributed by atoms with Crippen molar-refractivity contribution < 1.29 is 0 Å². The van der Waals surface area contributed by atoms with E-state index in [0.29, 0.717) is 0 Å². The molecule has 0 spiro atoms. The van der Waals surface area contributed by atoms with Gasteiger partial charge in [-0.1, -0.05) is 78.1 Å². The van der Waals surface area contributed by atoms with E-state index >= 15 is 0 Å². The minimum absolute atomic E-state index is 0. The Morgan fingerprint density at radius 3 is 0.923 bits per heavy atom. The van der Waals surface area contributed by atoms with E-state index in [9.17, 15) is 0 Å².